The van der Waals surface area contributed by atoms with Gasteiger partial charge in [-0.25, -0.2) is 0 Å². The summed E-state index contributed by atoms with van der Waals surface area (Å²) in [6, 6.07) is 0. The first kappa shape index (κ1) is 8.36. The summed E-state index contributed by atoms with van der Waals surface area (Å²) in [6.45, 7) is 0. The van der Waals surface area contributed by atoms with Crippen LogP contribution < -0.4 is 5.73 Å². The summed E-state index contributed by atoms with van der Waals surface area (Å²) in [5.74, 6) is -0.567. The van der Waals surface area contributed by atoms with Crippen LogP contribution >= 0.6 is 0 Å². The molecule has 6 heteroatoms. The number of nitrogens with zero attached hydrogens (tertiary/aromatic N) is 3. The molecule has 2 aromatic rings. The third kappa shape index (κ3) is 1.33. The average Bonchev–Trinajstić information content (AvgIpc) is 2.67. The van der Waals surface area contributed by atoms with E-state index in [2.05, 4.69) is 20.2 Å². The Bertz CT molecular complexity index is 450. The van der Waals surface area contributed by atoms with Crippen molar-refractivity contribution >= 4 is 5.91 Å². The van der Waals surface area contributed by atoms with E-state index in [1.165, 1.54) is 18.6 Å². The number of carbonyl (C=O) groups excluding carboxylic acids is 1. The van der Waals surface area contributed by atoms with Gasteiger partial charge in [-0.3, -0.25) is 19.9 Å². The fraction of sp³-hybridized carbons (Fsp3) is 0. The number of rotatable bonds is 2. The Morgan fingerprint density at radius 2 is 2.21 bits per heavy atom. The van der Waals surface area contributed by atoms with Gasteiger partial charge >= 0.3 is 0 Å². The number of carbonyl (C=O) groups is 1. The van der Waals surface area contributed by atoms with Gasteiger partial charge in [-0.2, -0.15) is 5.10 Å². The van der Waals surface area contributed by atoms with Gasteiger partial charge in [-0.1, -0.05) is 0 Å². The van der Waals surface area contributed by atoms with Crippen LogP contribution in [0.3, 0.4) is 0 Å². The van der Waals surface area contributed by atoms with Crippen LogP contribution in [0.25, 0.3) is 11.3 Å². The summed E-state index contributed by atoms with van der Waals surface area (Å²) in [7, 11) is 0. The summed E-state index contributed by atoms with van der Waals surface area (Å²) in [6.07, 6.45) is 6.11. The van der Waals surface area contributed by atoms with Crippen LogP contribution in [0, 0.1) is 0 Å². The molecule has 0 atom stereocenters. The largest absolute Gasteiger partial charge is 0.364 e. The van der Waals surface area contributed by atoms with Gasteiger partial charge in [0.05, 0.1) is 23.7 Å². The van der Waals surface area contributed by atoms with Crippen molar-refractivity contribution in [1.29, 1.82) is 0 Å². The zero-order valence-corrected chi connectivity index (χ0v) is 7.14. The Hall–Kier alpha value is -2.24. The van der Waals surface area contributed by atoms with E-state index >= 15 is 0 Å². The fourth-order valence-corrected chi connectivity index (χ4v) is 1.11. The van der Waals surface area contributed by atoms with Crippen LogP contribution in [0.2, 0.25) is 0 Å². The summed E-state index contributed by atoms with van der Waals surface area (Å²) < 4.78 is 0. The second-order valence-electron chi connectivity index (χ2n) is 2.61. The van der Waals surface area contributed by atoms with Gasteiger partial charge in [0.15, 0.2) is 0 Å². The Balaban J connectivity index is 2.52. The normalized spacial score (nSPS) is 10.0. The number of H-pyrrole nitrogens is 1. The van der Waals surface area contributed by atoms with E-state index in [4.69, 9.17) is 5.73 Å². The van der Waals surface area contributed by atoms with Crippen molar-refractivity contribution in [3.05, 3.63) is 30.5 Å². The van der Waals surface area contributed by atoms with Crippen molar-refractivity contribution in [2.24, 2.45) is 5.73 Å². The van der Waals surface area contributed by atoms with Crippen LogP contribution in [-0.2, 0) is 0 Å². The molecule has 0 saturated carbocycles. The minimum atomic E-state index is -0.567. The summed E-state index contributed by atoms with van der Waals surface area (Å²) in [5.41, 5.74) is 6.50. The van der Waals surface area contributed by atoms with E-state index in [-0.39, 0.29) is 5.69 Å². The highest BCUT2D eigenvalue weighted by Gasteiger charge is 2.12. The van der Waals surface area contributed by atoms with Crippen LogP contribution in [0.1, 0.15) is 10.5 Å². The van der Waals surface area contributed by atoms with E-state index in [0.717, 1.165) is 0 Å². The second-order valence-corrected chi connectivity index (χ2v) is 2.61. The van der Waals surface area contributed by atoms with E-state index in [1.54, 1.807) is 6.20 Å². The van der Waals surface area contributed by atoms with Crippen molar-refractivity contribution < 1.29 is 4.79 Å². The Morgan fingerprint density at radius 1 is 1.36 bits per heavy atom. The third-order valence-corrected chi connectivity index (χ3v) is 1.72. The topological polar surface area (TPSA) is 97.6 Å². The summed E-state index contributed by atoms with van der Waals surface area (Å²) in [4.78, 5) is 18.9. The van der Waals surface area contributed by atoms with E-state index < -0.39 is 5.91 Å². The molecule has 2 rings (SSSR count). The smallest absolute Gasteiger partial charge is 0.267 e. The predicted octanol–water partition coefficient (Wildman–Crippen LogP) is -0.0344. The third-order valence-electron chi connectivity index (χ3n) is 1.72. The molecule has 0 aliphatic rings. The van der Waals surface area contributed by atoms with Crippen molar-refractivity contribution in [1.82, 2.24) is 20.2 Å². The number of nitrogens with one attached hydrogen (secondary N) is 1. The Labute approximate surface area is 79.2 Å². The molecule has 0 aromatic carbocycles. The van der Waals surface area contributed by atoms with Gasteiger partial charge in [0, 0.05) is 12.4 Å². The van der Waals surface area contributed by atoms with Crippen molar-refractivity contribution in [2.45, 2.75) is 0 Å². The number of primary amides is 1. The molecule has 0 unspecified atom stereocenters. The first-order valence-corrected chi connectivity index (χ1v) is 3.88. The number of aromatic amines is 1. The molecule has 0 aliphatic carbocycles. The molecule has 1 amide bonds. The highest BCUT2D eigenvalue weighted by Crippen LogP contribution is 2.17. The molecular formula is C8H7N5O. The first-order valence-electron chi connectivity index (χ1n) is 3.88. The summed E-state index contributed by atoms with van der Waals surface area (Å²) >= 11 is 0. The summed E-state index contributed by atoms with van der Waals surface area (Å²) in [5, 5.41) is 6.24. The lowest BCUT2D eigenvalue weighted by Gasteiger charge is -1.96. The molecule has 2 aromatic heterocycles. The van der Waals surface area contributed by atoms with Crippen molar-refractivity contribution in [2.75, 3.05) is 0 Å². The van der Waals surface area contributed by atoms with Crippen LogP contribution in [0.5, 0.6) is 0 Å². The van der Waals surface area contributed by atoms with Gasteiger partial charge in [0.1, 0.15) is 5.69 Å². The average molecular weight is 189 g/mol. The first-order chi connectivity index (χ1) is 6.79. The second kappa shape index (κ2) is 3.25. The highest BCUT2D eigenvalue weighted by molar-refractivity contribution is 5.97. The highest BCUT2D eigenvalue weighted by atomic mass is 16.1. The molecule has 0 spiro atoms. The van der Waals surface area contributed by atoms with Crippen LogP contribution in [0.4, 0.5) is 0 Å². The Kier molecular flexibility index (Phi) is 1.94. The zero-order chi connectivity index (χ0) is 9.97. The van der Waals surface area contributed by atoms with E-state index in [9.17, 15) is 4.79 Å². The predicted molar refractivity (Wildman–Crippen MR) is 48.1 cm³/mol. The molecule has 6 nitrogen and oxygen atoms in total. The standard InChI is InChI=1S/C8H7N5O/c9-8(14)7-5(3-12-13-7)6-4-10-1-2-11-6/h1-4H,(H2,9,14)(H,12,13). The zero-order valence-electron chi connectivity index (χ0n) is 7.14. The lowest BCUT2D eigenvalue weighted by Crippen LogP contribution is -2.12. The molecule has 0 fully saturated rings. The number of hydrogen-bond acceptors (Lipinski definition) is 4. The van der Waals surface area contributed by atoms with Gasteiger partial charge in [0.25, 0.3) is 5.91 Å². The van der Waals surface area contributed by atoms with Gasteiger partial charge in [0.2, 0.25) is 0 Å². The lowest BCUT2D eigenvalue weighted by molar-refractivity contribution is 0.0996. The number of hydrogen-bond donors (Lipinski definition) is 2. The molecule has 14 heavy (non-hydrogen) atoms. The fourth-order valence-electron chi connectivity index (χ4n) is 1.11. The number of nitrogens with two attached hydrogens (primary N) is 1. The molecule has 3 N–H and O–H groups in total. The minimum absolute atomic E-state index is 0.241. The maximum absolute atomic E-state index is 11.0. The van der Waals surface area contributed by atoms with E-state index in [1.807, 2.05) is 0 Å². The van der Waals surface area contributed by atoms with Crippen LogP contribution in [-0.4, -0.2) is 26.1 Å². The molecule has 0 saturated heterocycles. The maximum Gasteiger partial charge on any atom is 0.267 e. The molecule has 0 aliphatic heterocycles. The van der Waals surface area contributed by atoms with Gasteiger partial charge in [-0.15, -0.1) is 0 Å². The lowest BCUT2D eigenvalue weighted by atomic mass is 10.2. The molecule has 0 radical (unpaired) electrons. The van der Waals surface area contributed by atoms with Gasteiger partial charge in [-0.05, 0) is 0 Å². The van der Waals surface area contributed by atoms with E-state index in [0.29, 0.717) is 11.3 Å². The minimum Gasteiger partial charge on any atom is -0.364 e. The van der Waals surface area contributed by atoms with Crippen molar-refractivity contribution in [3.8, 4) is 11.3 Å². The monoisotopic (exact) mass is 189 g/mol. The number of aromatic nitrogens is 4. The van der Waals surface area contributed by atoms with Crippen molar-refractivity contribution in [3.63, 3.8) is 0 Å². The van der Waals surface area contributed by atoms with Gasteiger partial charge < -0.3 is 5.73 Å². The van der Waals surface area contributed by atoms with Crippen LogP contribution in [0.15, 0.2) is 24.8 Å². The molecule has 0 bridgehead atoms. The maximum atomic E-state index is 11.0. The quantitative estimate of drug-likeness (QED) is 0.692. The molecular weight excluding hydrogens is 182 g/mol. The number of amides is 1. The SMILES string of the molecule is NC(=O)c1[nH]ncc1-c1cnccn1. The molecule has 70 valence electrons. The Morgan fingerprint density at radius 3 is 2.86 bits per heavy atom. The molecule has 2 heterocycles.